The van der Waals surface area contributed by atoms with Crippen molar-refractivity contribution in [2.45, 2.75) is 84.5 Å². The number of nitrogens with one attached hydrogen (secondary N) is 1. The van der Waals surface area contributed by atoms with E-state index in [1.54, 1.807) is 0 Å². The van der Waals surface area contributed by atoms with Crippen molar-refractivity contribution in [3.63, 3.8) is 0 Å². The molecule has 0 saturated heterocycles. The van der Waals surface area contributed by atoms with Crippen LogP contribution in [0.2, 0.25) is 25.7 Å². The summed E-state index contributed by atoms with van der Waals surface area (Å²) in [7, 11) is -0.954. The largest absolute Gasteiger partial charge is 0.316 e. The SMILES string of the molecule is CCCCC1CCC(CNCC)(C[Si](C)(C)C)CC1. The van der Waals surface area contributed by atoms with Crippen LogP contribution < -0.4 is 5.32 Å². The summed E-state index contributed by atoms with van der Waals surface area (Å²) in [4.78, 5) is 0. The van der Waals surface area contributed by atoms with Gasteiger partial charge in [-0.05, 0) is 43.6 Å². The van der Waals surface area contributed by atoms with Gasteiger partial charge in [-0.1, -0.05) is 58.8 Å². The minimum absolute atomic E-state index is 0.642. The van der Waals surface area contributed by atoms with E-state index in [2.05, 4.69) is 38.8 Å². The summed E-state index contributed by atoms with van der Waals surface area (Å²) in [5.41, 5.74) is 0.642. The molecule has 114 valence electrons. The molecule has 0 radical (unpaired) electrons. The first-order chi connectivity index (χ1) is 8.91. The van der Waals surface area contributed by atoms with Gasteiger partial charge in [0, 0.05) is 14.6 Å². The molecule has 1 N–H and O–H groups in total. The molecule has 1 fully saturated rings. The van der Waals surface area contributed by atoms with Gasteiger partial charge in [-0.3, -0.25) is 0 Å². The highest BCUT2D eigenvalue weighted by Gasteiger charge is 2.38. The summed E-state index contributed by atoms with van der Waals surface area (Å²) in [5.74, 6) is 1.04. The Hall–Kier alpha value is 0.177. The molecule has 1 rings (SSSR count). The van der Waals surface area contributed by atoms with Crippen LogP contribution in [0.25, 0.3) is 0 Å². The van der Waals surface area contributed by atoms with Gasteiger partial charge in [-0.2, -0.15) is 0 Å². The molecule has 19 heavy (non-hydrogen) atoms. The molecule has 1 aliphatic carbocycles. The third kappa shape index (κ3) is 6.44. The topological polar surface area (TPSA) is 12.0 Å². The van der Waals surface area contributed by atoms with Gasteiger partial charge >= 0.3 is 0 Å². The van der Waals surface area contributed by atoms with Crippen molar-refractivity contribution in [1.82, 2.24) is 5.32 Å². The van der Waals surface area contributed by atoms with Gasteiger partial charge in [0.25, 0.3) is 0 Å². The van der Waals surface area contributed by atoms with Crippen molar-refractivity contribution in [2.24, 2.45) is 11.3 Å². The molecule has 2 heteroatoms. The Morgan fingerprint density at radius 1 is 1.11 bits per heavy atom. The lowest BCUT2D eigenvalue weighted by Crippen LogP contribution is -2.42. The molecule has 0 atom stereocenters. The van der Waals surface area contributed by atoms with Gasteiger partial charge in [-0.15, -0.1) is 0 Å². The normalized spacial score (nSPS) is 28.6. The summed E-state index contributed by atoms with van der Waals surface area (Å²) >= 11 is 0. The predicted molar refractivity (Wildman–Crippen MR) is 90.6 cm³/mol. The zero-order valence-corrected chi connectivity index (χ0v) is 15.1. The van der Waals surface area contributed by atoms with Gasteiger partial charge in [0.05, 0.1) is 0 Å². The molecule has 0 spiro atoms. The van der Waals surface area contributed by atoms with Gasteiger partial charge in [0.15, 0.2) is 0 Å². The quantitative estimate of drug-likeness (QED) is 0.596. The van der Waals surface area contributed by atoms with Crippen LogP contribution in [0.1, 0.15) is 58.8 Å². The molecule has 0 aromatic heterocycles. The maximum Gasteiger partial charge on any atom is 0.0448 e. The van der Waals surface area contributed by atoms with Gasteiger partial charge < -0.3 is 5.32 Å². The van der Waals surface area contributed by atoms with Crippen LogP contribution in [-0.2, 0) is 0 Å². The van der Waals surface area contributed by atoms with Gasteiger partial charge in [0.1, 0.15) is 0 Å². The lowest BCUT2D eigenvalue weighted by molar-refractivity contribution is 0.158. The highest BCUT2D eigenvalue weighted by Crippen LogP contribution is 2.45. The van der Waals surface area contributed by atoms with Crippen molar-refractivity contribution in [3.8, 4) is 0 Å². The molecule has 0 bridgehead atoms. The lowest BCUT2D eigenvalue weighted by Gasteiger charge is -2.44. The molecular formula is C17H37NSi. The minimum atomic E-state index is -0.954. The van der Waals surface area contributed by atoms with Crippen LogP contribution in [0.5, 0.6) is 0 Å². The minimum Gasteiger partial charge on any atom is -0.316 e. The number of rotatable bonds is 8. The number of hydrogen-bond donors (Lipinski definition) is 1. The number of unbranched alkanes of at least 4 members (excludes halogenated alkanes) is 1. The van der Waals surface area contributed by atoms with Crippen LogP contribution in [0.15, 0.2) is 0 Å². The average Bonchev–Trinajstić information content (AvgIpc) is 2.34. The summed E-state index contributed by atoms with van der Waals surface area (Å²) in [6, 6.07) is 1.52. The van der Waals surface area contributed by atoms with Crippen LogP contribution in [-0.4, -0.2) is 21.2 Å². The molecule has 0 aromatic carbocycles. The third-order valence-corrected chi connectivity index (χ3v) is 6.60. The number of hydrogen-bond acceptors (Lipinski definition) is 1. The summed E-state index contributed by atoms with van der Waals surface area (Å²) in [5, 5.41) is 3.66. The highest BCUT2D eigenvalue weighted by atomic mass is 28.3. The first-order valence-corrected chi connectivity index (χ1v) is 12.3. The molecule has 0 aromatic rings. The van der Waals surface area contributed by atoms with Crippen LogP contribution >= 0.6 is 0 Å². The van der Waals surface area contributed by atoms with Gasteiger partial charge in [-0.25, -0.2) is 0 Å². The standard InChI is InChI=1S/C17H37NSi/c1-6-8-9-16-10-12-17(13-11-16,14-18-7-2)15-19(3,4)5/h16,18H,6-15H2,1-5H3. The van der Waals surface area contributed by atoms with E-state index in [4.69, 9.17) is 0 Å². The lowest BCUT2D eigenvalue weighted by atomic mass is 9.70. The molecule has 1 aliphatic rings. The van der Waals surface area contributed by atoms with Gasteiger partial charge in [0.2, 0.25) is 0 Å². The van der Waals surface area contributed by atoms with E-state index in [0.29, 0.717) is 5.41 Å². The smallest absolute Gasteiger partial charge is 0.0448 e. The Morgan fingerprint density at radius 3 is 2.21 bits per heavy atom. The first kappa shape index (κ1) is 17.2. The molecule has 0 heterocycles. The van der Waals surface area contributed by atoms with E-state index < -0.39 is 8.07 Å². The van der Waals surface area contributed by atoms with E-state index in [0.717, 1.165) is 12.5 Å². The summed E-state index contributed by atoms with van der Waals surface area (Å²) in [6.45, 7) is 14.6. The Kier molecular flexibility index (Phi) is 7.10. The van der Waals surface area contributed by atoms with Crippen molar-refractivity contribution in [1.29, 1.82) is 0 Å². The second-order valence-electron chi connectivity index (χ2n) is 8.10. The highest BCUT2D eigenvalue weighted by molar-refractivity contribution is 6.76. The molecule has 0 unspecified atom stereocenters. The predicted octanol–water partition coefficient (Wildman–Crippen LogP) is 5.30. The van der Waals surface area contributed by atoms with Crippen molar-refractivity contribution in [3.05, 3.63) is 0 Å². The fourth-order valence-corrected chi connectivity index (χ4v) is 6.73. The Balaban J connectivity index is 2.53. The maximum absolute atomic E-state index is 3.66. The van der Waals surface area contributed by atoms with E-state index in [9.17, 15) is 0 Å². The van der Waals surface area contributed by atoms with E-state index in [1.807, 2.05) is 0 Å². The third-order valence-electron chi connectivity index (χ3n) is 4.79. The Morgan fingerprint density at radius 2 is 1.74 bits per heavy atom. The molecule has 1 saturated carbocycles. The molecular weight excluding hydrogens is 246 g/mol. The van der Waals surface area contributed by atoms with Crippen LogP contribution in [0.3, 0.4) is 0 Å². The molecule has 0 aliphatic heterocycles. The summed E-state index contributed by atoms with van der Waals surface area (Å²) < 4.78 is 0. The van der Waals surface area contributed by atoms with Crippen molar-refractivity contribution < 1.29 is 0 Å². The molecule has 0 amide bonds. The van der Waals surface area contributed by atoms with Crippen molar-refractivity contribution in [2.75, 3.05) is 13.1 Å². The van der Waals surface area contributed by atoms with E-state index in [-0.39, 0.29) is 0 Å². The fraction of sp³-hybridized carbons (Fsp3) is 1.00. The van der Waals surface area contributed by atoms with E-state index in [1.165, 1.54) is 57.5 Å². The zero-order valence-electron chi connectivity index (χ0n) is 14.1. The average molecular weight is 284 g/mol. The van der Waals surface area contributed by atoms with Crippen molar-refractivity contribution >= 4 is 8.07 Å². The Bertz CT molecular complexity index is 236. The maximum atomic E-state index is 3.66. The molecule has 1 nitrogen and oxygen atoms in total. The van der Waals surface area contributed by atoms with Crippen LogP contribution in [0, 0.1) is 11.3 Å². The zero-order chi connectivity index (χ0) is 14.4. The van der Waals surface area contributed by atoms with Crippen LogP contribution in [0.4, 0.5) is 0 Å². The first-order valence-electron chi connectivity index (χ1n) is 8.61. The fourth-order valence-electron chi connectivity index (χ4n) is 4.00. The summed E-state index contributed by atoms with van der Waals surface area (Å²) in [6.07, 6.45) is 10.3. The monoisotopic (exact) mass is 283 g/mol. The second-order valence-corrected chi connectivity index (χ2v) is 13.6. The van der Waals surface area contributed by atoms with E-state index >= 15 is 0 Å². The second kappa shape index (κ2) is 7.83. The Labute approximate surface area is 123 Å².